The van der Waals surface area contributed by atoms with Crippen molar-refractivity contribution < 1.29 is 4.42 Å². The molecule has 0 atom stereocenters. The van der Waals surface area contributed by atoms with Crippen LogP contribution >= 0.6 is 0 Å². The Morgan fingerprint density at radius 3 is 1.32 bits per heavy atom. The quantitative estimate of drug-likeness (QED) is 0.200. The lowest BCUT2D eigenvalue weighted by Gasteiger charge is -2.26. The summed E-state index contributed by atoms with van der Waals surface area (Å²) in [7, 11) is 0. The molecule has 0 aliphatic rings. The molecule has 0 saturated carbocycles. The van der Waals surface area contributed by atoms with E-state index >= 15 is 0 Å². The van der Waals surface area contributed by atoms with Gasteiger partial charge in [-0.05, 0) is 82.2 Å². The molecule has 0 aliphatic heterocycles. The van der Waals surface area contributed by atoms with E-state index in [0.717, 1.165) is 44.7 Å². The largest absolute Gasteiger partial charge is 0.455 e. The van der Waals surface area contributed by atoms with Crippen molar-refractivity contribution in [3.63, 3.8) is 0 Å². The van der Waals surface area contributed by atoms with Crippen molar-refractivity contribution in [2.45, 2.75) is 0 Å². The number of fused-ring (bicyclic) bond motifs is 3. The lowest BCUT2D eigenvalue weighted by Crippen LogP contribution is -2.09. The minimum Gasteiger partial charge on any atom is -0.455 e. The van der Waals surface area contributed by atoms with E-state index in [4.69, 9.17) is 4.42 Å². The van der Waals surface area contributed by atoms with E-state index in [0.29, 0.717) is 0 Å². The lowest BCUT2D eigenvalue weighted by molar-refractivity contribution is 0.635. The molecule has 2 nitrogen and oxygen atoms in total. The van der Waals surface area contributed by atoms with Crippen LogP contribution in [0.2, 0.25) is 0 Å². The van der Waals surface area contributed by atoms with Gasteiger partial charge >= 0.3 is 0 Å². The second kappa shape index (κ2) is 11.1. The summed E-state index contributed by atoms with van der Waals surface area (Å²) in [6.07, 6.45) is 0. The summed E-state index contributed by atoms with van der Waals surface area (Å²) in [4.78, 5) is 2.31. The Hall–Kier alpha value is -5.86. The summed E-state index contributed by atoms with van der Waals surface area (Å²) in [5.41, 5.74) is 10.1. The molecule has 0 amide bonds. The lowest BCUT2D eigenvalue weighted by atomic mass is 10.0. The SMILES string of the molecule is c1ccc(-c2ccc(N(c3ccc(-c4ccccc4)cc3)c3ccc(-c4cc5ccc6ccccc6c5o4)cc3)cc2)cc1. The first-order valence-corrected chi connectivity index (χ1v) is 14.9. The molecular weight excluding hydrogens is 534 g/mol. The van der Waals surface area contributed by atoms with Crippen LogP contribution in [0.4, 0.5) is 17.1 Å². The maximum absolute atomic E-state index is 6.43. The predicted octanol–water partition coefficient (Wildman–Crippen LogP) is 12.1. The monoisotopic (exact) mass is 563 g/mol. The predicted molar refractivity (Wildman–Crippen MR) is 185 cm³/mol. The van der Waals surface area contributed by atoms with Gasteiger partial charge in [-0.2, -0.15) is 0 Å². The van der Waals surface area contributed by atoms with Crippen molar-refractivity contribution in [2.75, 3.05) is 4.90 Å². The molecule has 7 aromatic carbocycles. The highest BCUT2D eigenvalue weighted by molar-refractivity contribution is 6.05. The van der Waals surface area contributed by atoms with E-state index in [1.165, 1.54) is 27.6 Å². The summed E-state index contributed by atoms with van der Waals surface area (Å²) in [5, 5.41) is 3.43. The van der Waals surface area contributed by atoms with Crippen LogP contribution in [0.1, 0.15) is 0 Å². The van der Waals surface area contributed by atoms with Crippen LogP contribution in [0.3, 0.4) is 0 Å². The Morgan fingerprint density at radius 1 is 0.341 bits per heavy atom. The van der Waals surface area contributed by atoms with Crippen LogP contribution < -0.4 is 4.90 Å². The third kappa shape index (κ3) is 4.83. The number of nitrogens with zero attached hydrogens (tertiary/aromatic N) is 1. The zero-order chi connectivity index (χ0) is 29.3. The van der Waals surface area contributed by atoms with Gasteiger partial charge in [0.25, 0.3) is 0 Å². The molecule has 0 unspecified atom stereocenters. The molecule has 0 aliphatic carbocycles. The molecule has 0 spiro atoms. The number of benzene rings is 7. The Bertz CT molecular complexity index is 2100. The standard InChI is InChI=1S/C42H29NO/c1-3-9-30(10-4-1)32-17-23-37(24-18-32)43(38-25-19-33(20-26-38)31-11-5-2-6-12-31)39-27-21-35(22-28-39)41-29-36-16-15-34-13-7-8-14-40(34)42(36)44-41/h1-29H. The van der Waals surface area contributed by atoms with Gasteiger partial charge in [-0.25, -0.2) is 0 Å². The maximum Gasteiger partial charge on any atom is 0.142 e. The molecule has 1 aromatic heterocycles. The summed E-state index contributed by atoms with van der Waals surface area (Å²) in [6.45, 7) is 0. The zero-order valence-electron chi connectivity index (χ0n) is 24.1. The van der Waals surface area contributed by atoms with E-state index in [2.05, 4.69) is 181 Å². The van der Waals surface area contributed by atoms with E-state index in [1.54, 1.807) is 0 Å². The van der Waals surface area contributed by atoms with Crippen LogP contribution in [-0.4, -0.2) is 0 Å². The van der Waals surface area contributed by atoms with Gasteiger partial charge in [-0.15, -0.1) is 0 Å². The minimum atomic E-state index is 0.869. The number of hydrogen-bond acceptors (Lipinski definition) is 2. The van der Waals surface area contributed by atoms with E-state index < -0.39 is 0 Å². The van der Waals surface area contributed by atoms with Crippen molar-refractivity contribution in [2.24, 2.45) is 0 Å². The summed E-state index contributed by atoms with van der Waals surface area (Å²) in [5.74, 6) is 0.869. The van der Waals surface area contributed by atoms with Gasteiger partial charge < -0.3 is 9.32 Å². The molecule has 2 heteroatoms. The van der Waals surface area contributed by atoms with Gasteiger partial charge in [0.1, 0.15) is 11.3 Å². The first-order chi connectivity index (χ1) is 21.8. The summed E-state index contributed by atoms with van der Waals surface area (Å²) >= 11 is 0. The Kier molecular flexibility index (Phi) is 6.51. The third-order valence-corrected chi connectivity index (χ3v) is 8.28. The molecule has 44 heavy (non-hydrogen) atoms. The van der Waals surface area contributed by atoms with Crippen LogP contribution in [0.5, 0.6) is 0 Å². The van der Waals surface area contributed by atoms with Crippen LogP contribution in [0.25, 0.3) is 55.3 Å². The number of anilines is 3. The number of furan rings is 1. The number of rotatable bonds is 6. The summed E-state index contributed by atoms with van der Waals surface area (Å²) < 4.78 is 6.43. The molecule has 8 aromatic rings. The molecule has 208 valence electrons. The van der Waals surface area contributed by atoms with E-state index in [1.807, 2.05) is 0 Å². The van der Waals surface area contributed by atoms with Crippen molar-refractivity contribution in [3.8, 4) is 33.6 Å². The fourth-order valence-corrected chi connectivity index (χ4v) is 6.00. The second-order valence-corrected chi connectivity index (χ2v) is 11.0. The van der Waals surface area contributed by atoms with Gasteiger partial charge in [-0.1, -0.05) is 121 Å². The molecular formula is C42H29NO. The fraction of sp³-hybridized carbons (Fsp3) is 0. The maximum atomic E-state index is 6.43. The molecule has 0 N–H and O–H groups in total. The molecule has 0 saturated heterocycles. The van der Waals surface area contributed by atoms with Crippen molar-refractivity contribution >= 4 is 38.8 Å². The van der Waals surface area contributed by atoms with Gasteiger partial charge in [0.2, 0.25) is 0 Å². The third-order valence-electron chi connectivity index (χ3n) is 8.28. The molecule has 0 bridgehead atoms. The van der Waals surface area contributed by atoms with Crippen molar-refractivity contribution in [1.29, 1.82) is 0 Å². The number of hydrogen-bond donors (Lipinski definition) is 0. The van der Waals surface area contributed by atoms with Gasteiger partial charge in [-0.3, -0.25) is 0 Å². The van der Waals surface area contributed by atoms with Gasteiger partial charge in [0, 0.05) is 33.4 Å². The van der Waals surface area contributed by atoms with Crippen LogP contribution in [0.15, 0.2) is 180 Å². The van der Waals surface area contributed by atoms with Gasteiger partial charge in [0.15, 0.2) is 0 Å². The topological polar surface area (TPSA) is 16.4 Å². The Balaban J connectivity index is 1.17. The van der Waals surface area contributed by atoms with Gasteiger partial charge in [0.05, 0.1) is 0 Å². The molecule has 0 fully saturated rings. The summed E-state index contributed by atoms with van der Waals surface area (Å²) in [6, 6.07) is 62.1. The van der Waals surface area contributed by atoms with Crippen molar-refractivity contribution in [1.82, 2.24) is 0 Å². The molecule has 1 heterocycles. The first kappa shape index (κ1) is 25.8. The average molecular weight is 564 g/mol. The normalized spacial score (nSPS) is 11.2. The van der Waals surface area contributed by atoms with Crippen molar-refractivity contribution in [3.05, 3.63) is 176 Å². The van der Waals surface area contributed by atoms with E-state index in [9.17, 15) is 0 Å². The van der Waals surface area contributed by atoms with Crippen LogP contribution in [-0.2, 0) is 0 Å². The fourth-order valence-electron chi connectivity index (χ4n) is 6.00. The van der Waals surface area contributed by atoms with E-state index in [-0.39, 0.29) is 0 Å². The Labute approximate surface area is 257 Å². The zero-order valence-corrected chi connectivity index (χ0v) is 24.1. The smallest absolute Gasteiger partial charge is 0.142 e. The highest BCUT2D eigenvalue weighted by atomic mass is 16.3. The molecule has 8 rings (SSSR count). The molecule has 0 radical (unpaired) electrons. The Morgan fingerprint density at radius 2 is 0.773 bits per heavy atom. The second-order valence-electron chi connectivity index (χ2n) is 11.0. The highest BCUT2D eigenvalue weighted by Crippen LogP contribution is 2.39. The average Bonchev–Trinajstić information content (AvgIpc) is 3.55. The highest BCUT2D eigenvalue weighted by Gasteiger charge is 2.15. The van der Waals surface area contributed by atoms with Crippen LogP contribution in [0, 0.1) is 0 Å². The minimum absolute atomic E-state index is 0.869. The first-order valence-electron chi connectivity index (χ1n) is 14.9.